The van der Waals surface area contributed by atoms with Crippen LogP contribution in [-0.2, 0) is 11.8 Å². The second-order valence-corrected chi connectivity index (χ2v) is 7.30. The molecule has 0 radical (unpaired) electrons. The molecule has 31 heavy (non-hydrogen) atoms. The van der Waals surface area contributed by atoms with Gasteiger partial charge in [-0.25, -0.2) is 5.43 Å². The third-order valence-electron chi connectivity index (χ3n) is 5.36. The van der Waals surface area contributed by atoms with Crippen molar-refractivity contribution in [1.29, 1.82) is 0 Å². The van der Waals surface area contributed by atoms with Crippen LogP contribution in [0.1, 0.15) is 5.56 Å². The van der Waals surface area contributed by atoms with Crippen LogP contribution in [0.15, 0.2) is 84.0 Å². The third kappa shape index (κ3) is 3.53. The Kier molecular flexibility index (Phi) is 4.88. The Morgan fingerprint density at radius 1 is 1.00 bits per heavy atom. The van der Waals surface area contributed by atoms with Crippen molar-refractivity contribution in [2.75, 3.05) is 6.61 Å². The van der Waals surface area contributed by atoms with Gasteiger partial charge in [-0.2, -0.15) is 5.10 Å². The van der Waals surface area contributed by atoms with E-state index >= 15 is 0 Å². The SMILES string of the molecule is Cn1c(-c2ccccc2)c(/C=N/NC(=O)C2COc3ccccc3O2)c2ccccc21. The summed E-state index contributed by atoms with van der Waals surface area (Å²) in [5.41, 5.74) is 6.75. The van der Waals surface area contributed by atoms with Crippen molar-refractivity contribution >= 4 is 23.0 Å². The molecular formula is C25H21N3O3. The van der Waals surface area contributed by atoms with Crippen molar-refractivity contribution in [1.82, 2.24) is 9.99 Å². The Labute approximate surface area is 179 Å². The number of hydrogen-bond acceptors (Lipinski definition) is 4. The summed E-state index contributed by atoms with van der Waals surface area (Å²) in [4.78, 5) is 12.6. The van der Waals surface area contributed by atoms with E-state index in [1.165, 1.54) is 0 Å². The summed E-state index contributed by atoms with van der Waals surface area (Å²) in [5.74, 6) is 0.837. The van der Waals surface area contributed by atoms with Crippen LogP contribution in [0.2, 0.25) is 0 Å². The zero-order valence-corrected chi connectivity index (χ0v) is 17.0. The van der Waals surface area contributed by atoms with Gasteiger partial charge in [-0.1, -0.05) is 60.7 Å². The number of carbonyl (C=O) groups is 1. The first-order valence-corrected chi connectivity index (χ1v) is 10.1. The highest BCUT2D eigenvalue weighted by molar-refractivity contribution is 6.06. The Bertz CT molecular complexity index is 1280. The molecule has 0 saturated carbocycles. The average molecular weight is 411 g/mol. The van der Waals surface area contributed by atoms with Crippen molar-refractivity contribution in [3.05, 3.63) is 84.4 Å². The van der Waals surface area contributed by atoms with E-state index in [4.69, 9.17) is 9.47 Å². The Balaban J connectivity index is 1.41. The smallest absolute Gasteiger partial charge is 0.284 e. The highest BCUT2D eigenvalue weighted by Crippen LogP contribution is 2.32. The van der Waals surface area contributed by atoms with Crippen molar-refractivity contribution in [3.8, 4) is 22.8 Å². The number of ether oxygens (including phenoxy) is 2. The number of nitrogens with one attached hydrogen (secondary N) is 1. The van der Waals surface area contributed by atoms with Crippen LogP contribution in [0, 0.1) is 0 Å². The summed E-state index contributed by atoms with van der Waals surface area (Å²) in [7, 11) is 2.03. The van der Waals surface area contributed by atoms with E-state index in [0.717, 1.165) is 27.7 Å². The van der Waals surface area contributed by atoms with Gasteiger partial charge in [0.1, 0.15) is 6.61 Å². The number of aromatic nitrogens is 1. The van der Waals surface area contributed by atoms with Crippen LogP contribution in [0.25, 0.3) is 22.2 Å². The first kappa shape index (κ1) is 18.9. The maximum absolute atomic E-state index is 12.6. The van der Waals surface area contributed by atoms with Gasteiger partial charge in [-0.05, 0) is 23.8 Å². The molecule has 0 spiro atoms. The summed E-state index contributed by atoms with van der Waals surface area (Å²) in [6.07, 6.45) is 0.938. The summed E-state index contributed by atoms with van der Waals surface area (Å²) in [5, 5.41) is 5.31. The number of hydrogen-bond donors (Lipinski definition) is 1. The van der Waals surface area contributed by atoms with E-state index in [9.17, 15) is 4.79 Å². The fourth-order valence-electron chi connectivity index (χ4n) is 3.88. The lowest BCUT2D eigenvalue weighted by Gasteiger charge is -2.24. The van der Waals surface area contributed by atoms with E-state index in [-0.39, 0.29) is 12.5 Å². The number of carbonyl (C=O) groups excluding carboxylic acids is 1. The number of benzene rings is 3. The molecule has 1 unspecified atom stereocenters. The topological polar surface area (TPSA) is 64.9 Å². The maximum atomic E-state index is 12.6. The minimum atomic E-state index is -0.756. The van der Waals surface area contributed by atoms with Gasteiger partial charge >= 0.3 is 0 Å². The summed E-state index contributed by atoms with van der Waals surface area (Å²) in [6.45, 7) is 0.141. The Morgan fingerprint density at radius 3 is 2.55 bits per heavy atom. The van der Waals surface area contributed by atoms with Crippen LogP contribution in [0.3, 0.4) is 0 Å². The number of para-hydroxylation sites is 3. The zero-order valence-electron chi connectivity index (χ0n) is 17.0. The standard InChI is InChI=1S/C25H21N3O3/c1-28-20-12-6-5-11-18(20)19(24(28)17-9-3-2-4-10-17)15-26-27-25(29)23-16-30-21-13-7-8-14-22(21)31-23/h2-15,23H,16H2,1H3,(H,27,29)/b26-15+. The minimum absolute atomic E-state index is 0.141. The van der Waals surface area contributed by atoms with Crippen LogP contribution in [-0.4, -0.2) is 29.4 Å². The second-order valence-electron chi connectivity index (χ2n) is 7.30. The molecule has 154 valence electrons. The molecule has 0 fully saturated rings. The third-order valence-corrected chi connectivity index (χ3v) is 5.36. The molecule has 1 atom stereocenters. The molecule has 0 bridgehead atoms. The molecule has 5 rings (SSSR count). The molecule has 0 saturated heterocycles. The van der Waals surface area contributed by atoms with Crippen molar-refractivity contribution in [2.45, 2.75) is 6.10 Å². The quantitative estimate of drug-likeness (QED) is 0.406. The molecule has 1 aliphatic rings. The number of amides is 1. The predicted octanol–water partition coefficient (Wildman–Crippen LogP) is 4.14. The molecule has 4 aromatic rings. The lowest BCUT2D eigenvalue weighted by Crippen LogP contribution is -2.42. The lowest BCUT2D eigenvalue weighted by molar-refractivity contribution is -0.130. The van der Waals surface area contributed by atoms with Gasteiger partial charge in [0.05, 0.1) is 11.9 Å². The molecule has 1 N–H and O–H groups in total. The fraction of sp³-hybridized carbons (Fsp3) is 0.120. The molecule has 3 aromatic carbocycles. The summed E-state index contributed by atoms with van der Waals surface area (Å²) < 4.78 is 13.5. The fourth-order valence-corrected chi connectivity index (χ4v) is 3.88. The van der Waals surface area contributed by atoms with Crippen molar-refractivity contribution in [2.24, 2.45) is 12.1 Å². The van der Waals surface area contributed by atoms with Crippen LogP contribution < -0.4 is 14.9 Å². The van der Waals surface area contributed by atoms with Crippen LogP contribution in [0.4, 0.5) is 0 Å². The van der Waals surface area contributed by atoms with Crippen molar-refractivity contribution in [3.63, 3.8) is 0 Å². The molecule has 1 aliphatic heterocycles. The second kappa shape index (κ2) is 7.99. The molecular weight excluding hydrogens is 390 g/mol. The summed E-state index contributed by atoms with van der Waals surface area (Å²) in [6, 6.07) is 25.6. The first-order chi connectivity index (χ1) is 15.2. The molecule has 1 amide bonds. The average Bonchev–Trinajstić information content (AvgIpc) is 3.11. The summed E-state index contributed by atoms with van der Waals surface area (Å²) >= 11 is 0. The van der Waals surface area contributed by atoms with Gasteiger partial charge in [0.2, 0.25) is 6.10 Å². The zero-order chi connectivity index (χ0) is 21.2. The van der Waals surface area contributed by atoms with Gasteiger partial charge < -0.3 is 14.0 Å². The largest absolute Gasteiger partial charge is 0.485 e. The van der Waals surface area contributed by atoms with E-state index in [1.807, 2.05) is 55.6 Å². The van der Waals surface area contributed by atoms with Gasteiger partial charge in [-0.15, -0.1) is 0 Å². The molecule has 6 nitrogen and oxygen atoms in total. The minimum Gasteiger partial charge on any atom is -0.485 e. The number of hydrazone groups is 1. The lowest BCUT2D eigenvalue weighted by atomic mass is 10.1. The Morgan fingerprint density at radius 2 is 1.71 bits per heavy atom. The number of nitrogens with zero attached hydrogens (tertiary/aromatic N) is 2. The number of aryl methyl sites for hydroxylation is 1. The van der Waals surface area contributed by atoms with Gasteiger partial charge in [0.25, 0.3) is 5.91 Å². The van der Waals surface area contributed by atoms with E-state index < -0.39 is 6.10 Å². The maximum Gasteiger partial charge on any atom is 0.284 e. The van der Waals surface area contributed by atoms with Gasteiger partial charge in [0.15, 0.2) is 11.5 Å². The highest BCUT2D eigenvalue weighted by Gasteiger charge is 2.27. The van der Waals surface area contributed by atoms with Gasteiger partial charge in [0, 0.05) is 23.5 Å². The normalized spacial score (nSPS) is 15.3. The van der Waals surface area contributed by atoms with Crippen molar-refractivity contribution < 1.29 is 14.3 Å². The Hall–Kier alpha value is -4.06. The molecule has 2 heterocycles. The van der Waals surface area contributed by atoms with E-state index in [0.29, 0.717) is 11.5 Å². The number of rotatable bonds is 4. The van der Waals surface area contributed by atoms with E-state index in [1.54, 1.807) is 12.3 Å². The van der Waals surface area contributed by atoms with E-state index in [2.05, 4.69) is 39.4 Å². The van der Waals surface area contributed by atoms with Crippen LogP contribution >= 0.6 is 0 Å². The van der Waals surface area contributed by atoms with Gasteiger partial charge in [-0.3, -0.25) is 4.79 Å². The number of fused-ring (bicyclic) bond motifs is 2. The highest BCUT2D eigenvalue weighted by atomic mass is 16.6. The first-order valence-electron chi connectivity index (χ1n) is 10.1. The molecule has 6 heteroatoms. The molecule has 0 aliphatic carbocycles. The predicted molar refractivity (Wildman–Crippen MR) is 120 cm³/mol. The monoisotopic (exact) mass is 411 g/mol. The molecule has 1 aromatic heterocycles. The van der Waals surface area contributed by atoms with Crippen LogP contribution in [0.5, 0.6) is 11.5 Å².